The van der Waals surface area contributed by atoms with E-state index in [1.165, 1.54) is 17.3 Å². The van der Waals surface area contributed by atoms with Crippen molar-refractivity contribution in [3.05, 3.63) is 65.7 Å². The summed E-state index contributed by atoms with van der Waals surface area (Å²) >= 11 is 7.45. The summed E-state index contributed by atoms with van der Waals surface area (Å²) in [5, 5.41) is 12.6. The van der Waals surface area contributed by atoms with Gasteiger partial charge in [-0.1, -0.05) is 74.5 Å². The molecule has 1 aromatic heterocycles. The van der Waals surface area contributed by atoms with Gasteiger partial charge in [0, 0.05) is 17.8 Å². The van der Waals surface area contributed by atoms with Crippen LogP contribution in [-0.4, -0.2) is 33.5 Å². The summed E-state index contributed by atoms with van der Waals surface area (Å²) in [5.74, 6) is 1.32. The van der Waals surface area contributed by atoms with E-state index in [0.29, 0.717) is 28.2 Å². The predicted octanol–water partition coefficient (Wildman–Crippen LogP) is 5.82. The number of ether oxygens (including phenoxy) is 1. The Morgan fingerprint density at radius 3 is 2.53 bits per heavy atom. The summed E-state index contributed by atoms with van der Waals surface area (Å²) in [4.78, 5) is 12.4. The quantitative estimate of drug-likeness (QED) is 0.331. The number of allylic oxidation sites excluding steroid dienone is 1. The molecule has 32 heavy (non-hydrogen) atoms. The van der Waals surface area contributed by atoms with Crippen molar-refractivity contribution in [1.82, 2.24) is 14.8 Å². The van der Waals surface area contributed by atoms with Gasteiger partial charge in [-0.3, -0.25) is 9.36 Å². The third-order valence-corrected chi connectivity index (χ3v) is 6.07. The molecule has 0 saturated heterocycles. The van der Waals surface area contributed by atoms with Gasteiger partial charge in [-0.25, -0.2) is 0 Å². The van der Waals surface area contributed by atoms with E-state index in [0.717, 1.165) is 11.4 Å². The molecule has 1 N–H and O–H groups in total. The van der Waals surface area contributed by atoms with Crippen molar-refractivity contribution in [3.63, 3.8) is 0 Å². The van der Waals surface area contributed by atoms with E-state index in [4.69, 9.17) is 16.3 Å². The molecule has 0 radical (unpaired) electrons. The van der Waals surface area contributed by atoms with Crippen molar-refractivity contribution in [2.75, 3.05) is 18.2 Å². The van der Waals surface area contributed by atoms with Gasteiger partial charge in [0.25, 0.3) is 0 Å². The molecule has 0 atom stereocenters. The van der Waals surface area contributed by atoms with Crippen molar-refractivity contribution in [3.8, 4) is 17.1 Å². The second-order valence-electron chi connectivity index (χ2n) is 8.22. The van der Waals surface area contributed by atoms with Gasteiger partial charge >= 0.3 is 0 Å². The lowest BCUT2D eigenvalue weighted by atomic mass is 9.87. The van der Waals surface area contributed by atoms with Crippen molar-refractivity contribution >= 4 is 35.0 Å². The van der Waals surface area contributed by atoms with Crippen molar-refractivity contribution in [2.24, 2.45) is 0 Å². The Morgan fingerprint density at radius 2 is 1.94 bits per heavy atom. The first-order valence-electron chi connectivity index (χ1n) is 10.1. The minimum absolute atomic E-state index is 0.0792. The van der Waals surface area contributed by atoms with Gasteiger partial charge in [0.2, 0.25) is 5.91 Å². The third-order valence-electron chi connectivity index (χ3n) is 4.81. The highest BCUT2D eigenvalue weighted by Gasteiger charge is 2.17. The number of carbonyl (C=O) groups is 1. The summed E-state index contributed by atoms with van der Waals surface area (Å²) in [7, 11) is 1.54. The maximum absolute atomic E-state index is 12.4. The number of nitrogens with zero attached hydrogens (tertiary/aromatic N) is 3. The van der Waals surface area contributed by atoms with Crippen LogP contribution in [0.3, 0.4) is 0 Å². The number of amides is 1. The fraction of sp³-hybridized carbons (Fsp3) is 0.292. The first-order valence-corrected chi connectivity index (χ1v) is 11.5. The highest BCUT2D eigenvalue weighted by Crippen LogP contribution is 2.29. The number of anilines is 1. The van der Waals surface area contributed by atoms with Crippen LogP contribution < -0.4 is 10.1 Å². The second-order valence-corrected chi connectivity index (χ2v) is 9.57. The van der Waals surface area contributed by atoms with Crippen LogP contribution in [0.2, 0.25) is 5.02 Å². The lowest BCUT2D eigenvalue weighted by Gasteiger charge is -2.19. The molecule has 0 fully saturated rings. The molecule has 0 bridgehead atoms. The van der Waals surface area contributed by atoms with Crippen LogP contribution in [-0.2, 0) is 16.8 Å². The Bertz CT molecular complexity index is 1100. The molecule has 8 heteroatoms. The van der Waals surface area contributed by atoms with Crippen molar-refractivity contribution in [1.29, 1.82) is 0 Å². The van der Waals surface area contributed by atoms with E-state index >= 15 is 0 Å². The summed E-state index contributed by atoms with van der Waals surface area (Å²) in [6.07, 6.45) is 1.79. The summed E-state index contributed by atoms with van der Waals surface area (Å²) in [6, 6.07) is 13.4. The average Bonchev–Trinajstić information content (AvgIpc) is 3.15. The summed E-state index contributed by atoms with van der Waals surface area (Å²) in [6.45, 7) is 10.9. The van der Waals surface area contributed by atoms with Gasteiger partial charge in [0.15, 0.2) is 11.0 Å². The molecule has 0 aliphatic rings. The first kappa shape index (κ1) is 23.9. The van der Waals surface area contributed by atoms with Crippen LogP contribution in [0.15, 0.2) is 60.3 Å². The van der Waals surface area contributed by atoms with Gasteiger partial charge in [0.05, 0.1) is 17.9 Å². The van der Waals surface area contributed by atoms with Crippen LogP contribution in [0.4, 0.5) is 5.69 Å². The number of halogens is 1. The first-order chi connectivity index (χ1) is 15.2. The van der Waals surface area contributed by atoms with Crippen LogP contribution in [0.25, 0.3) is 11.4 Å². The van der Waals surface area contributed by atoms with E-state index in [9.17, 15) is 4.79 Å². The summed E-state index contributed by atoms with van der Waals surface area (Å²) in [5.41, 5.74) is 2.90. The molecule has 0 saturated carbocycles. The molecule has 0 aliphatic carbocycles. The molecule has 1 amide bonds. The van der Waals surface area contributed by atoms with E-state index in [1.807, 2.05) is 4.57 Å². The monoisotopic (exact) mass is 470 g/mol. The van der Waals surface area contributed by atoms with Crippen LogP contribution in [0.1, 0.15) is 26.3 Å². The fourth-order valence-electron chi connectivity index (χ4n) is 3.09. The topological polar surface area (TPSA) is 69.0 Å². The van der Waals surface area contributed by atoms with Gasteiger partial charge < -0.3 is 10.1 Å². The van der Waals surface area contributed by atoms with Crippen LogP contribution in [0.5, 0.6) is 5.75 Å². The largest absolute Gasteiger partial charge is 0.495 e. The van der Waals surface area contributed by atoms with E-state index in [-0.39, 0.29) is 17.1 Å². The number of rotatable bonds is 8. The number of aromatic nitrogens is 3. The van der Waals surface area contributed by atoms with Crippen LogP contribution >= 0.6 is 23.4 Å². The number of hydrogen-bond acceptors (Lipinski definition) is 5. The number of thioether (sulfide) groups is 1. The molecule has 1 heterocycles. The zero-order chi connectivity index (χ0) is 23.3. The smallest absolute Gasteiger partial charge is 0.234 e. The number of benzene rings is 2. The average molecular weight is 471 g/mol. The Morgan fingerprint density at radius 1 is 1.22 bits per heavy atom. The number of nitrogens with one attached hydrogen (secondary N) is 1. The lowest BCUT2D eigenvalue weighted by molar-refractivity contribution is -0.113. The van der Waals surface area contributed by atoms with Gasteiger partial charge in [-0.15, -0.1) is 16.8 Å². The predicted molar refractivity (Wildman–Crippen MR) is 132 cm³/mol. The molecule has 168 valence electrons. The number of hydrogen-bond donors (Lipinski definition) is 1. The lowest BCUT2D eigenvalue weighted by Crippen LogP contribution is -2.14. The normalized spacial score (nSPS) is 11.3. The molecular weight excluding hydrogens is 444 g/mol. The van der Waals surface area contributed by atoms with Gasteiger partial charge in [0.1, 0.15) is 5.75 Å². The Balaban J connectivity index is 1.72. The second kappa shape index (κ2) is 10.2. The molecule has 6 nitrogen and oxygen atoms in total. The zero-order valence-corrected chi connectivity index (χ0v) is 20.3. The van der Waals surface area contributed by atoms with Crippen molar-refractivity contribution < 1.29 is 9.53 Å². The Hall–Kier alpha value is -2.77. The van der Waals surface area contributed by atoms with E-state index in [2.05, 4.69) is 67.1 Å². The Kier molecular flexibility index (Phi) is 7.64. The van der Waals surface area contributed by atoms with Crippen LogP contribution in [0, 0.1) is 0 Å². The summed E-state index contributed by atoms with van der Waals surface area (Å²) < 4.78 is 7.09. The molecule has 0 unspecified atom stereocenters. The fourth-order valence-corrected chi connectivity index (χ4v) is 4.10. The molecule has 0 spiro atoms. The minimum Gasteiger partial charge on any atom is -0.495 e. The SMILES string of the molecule is C=CCn1c(SCC(=O)Nc2ccc(OC)c(Cl)c2)nnc1-c1ccc(C(C)(C)C)cc1. The highest BCUT2D eigenvalue weighted by atomic mass is 35.5. The maximum Gasteiger partial charge on any atom is 0.234 e. The third kappa shape index (κ3) is 5.72. The molecule has 0 aliphatic heterocycles. The standard InChI is InChI=1S/C24H27ClN4O2S/c1-6-13-29-22(16-7-9-17(10-8-16)24(2,3)4)27-28-23(29)32-15-21(30)26-18-11-12-20(31-5)19(25)14-18/h6-12,14H,1,13,15H2,2-5H3,(H,26,30). The van der Waals surface area contributed by atoms with E-state index < -0.39 is 0 Å². The van der Waals surface area contributed by atoms with Crippen molar-refractivity contribution in [2.45, 2.75) is 37.9 Å². The number of methoxy groups -OCH3 is 1. The van der Waals surface area contributed by atoms with Gasteiger partial charge in [-0.2, -0.15) is 0 Å². The molecule has 2 aromatic carbocycles. The van der Waals surface area contributed by atoms with E-state index in [1.54, 1.807) is 31.4 Å². The highest BCUT2D eigenvalue weighted by molar-refractivity contribution is 7.99. The Labute approximate surface area is 198 Å². The maximum atomic E-state index is 12.4. The minimum atomic E-state index is -0.166. The molecular formula is C24H27ClN4O2S. The molecule has 3 aromatic rings. The van der Waals surface area contributed by atoms with Gasteiger partial charge in [-0.05, 0) is 29.2 Å². The number of carbonyl (C=O) groups excluding carboxylic acids is 1. The zero-order valence-electron chi connectivity index (χ0n) is 18.7. The molecule has 3 rings (SSSR count).